The van der Waals surface area contributed by atoms with Crippen LogP contribution in [-0.2, 0) is 6.54 Å². The molecule has 0 saturated heterocycles. The van der Waals surface area contributed by atoms with E-state index in [1.807, 2.05) is 25.1 Å². The monoisotopic (exact) mass is 301 g/mol. The molecule has 7 heteroatoms. The molecule has 0 radical (unpaired) electrons. The average Bonchev–Trinajstić information content (AvgIpc) is 2.86. The lowest BCUT2D eigenvalue weighted by Crippen LogP contribution is -2.12. The highest BCUT2D eigenvalue weighted by Gasteiger charge is 2.07. The van der Waals surface area contributed by atoms with Crippen molar-refractivity contribution < 1.29 is 0 Å². The van der Waals surface area contributed by atoms with Gasteiger partial charge in [-0.1, -0.05) is 23.7 Å². The second-order valence-corrected chi connectivity index (χ2v) is 5.08. The molecule has 0 fully saturated rings. The number of aromatic nitrogens is 5. The van der Waals surface area contributed by atoms with E-state index in [-0.39, 0.29) is 5.56 Å². The Labute approximate surface area is 125 Å². The molecular formula is C14H12ClN5O. The van der Waals surface area contributed by atoms with Crippen LogP contribution in [0.4, 0.5) is 0 Å². The summed E-state index contributed by atoms with van der Waals surface area (Å²) in [6.45, 7) is 2.31. The molecule has 6 nitrogen and oxygen atoms in total. The van der Waals surface area contributed by atoms with Crippen molar-refractivity contribution in [2.45, 2.75) is 13.5 Å². The molecule has 2 aromatic heterocycles. The Bertz CT molecular complexity index is 839. The van der Waals surface area contributed by atoms with Crippen LogP contribution >= 0.6 is 11.6 Å². The van der Waals surface area contributed by atoms with Gasteiger partial charge in [-0.3, -0.25) is 4.79 Å². The van der Waals surface area contributed by atoms with Crippen LogP contribution in [0.3, 0.4) is 0 Å². The highest BCUT2D eigenvalue weighted by Crippen LogP contribution is 2.20. The first-order valence-corrected chi connectivity index (χ1v) is 6.71. The fraction of sp³-hybridized carbons (Fsp3) is 0.143. The van der Waals surface area contributed by atoms with Crippen LogP contribution < -0.4 is 5.56 Å². The lowest BCUT2D eigenvalue weighted by atomic mass is 10.1. The molecule has 1 aromatic carbocycles. The molecule has 0 aliphatic heterocycles. The zero-order chi connectivity index (χ0) is 14.8. The van der Waals surface area contributed by atoms with Gasteiger partial charge in [0.05, 0.1) is 6.54 Å². The molecule has 0 aliphatic carbocycles. The van der Waals surface area contributed by atoms with Crippen LogP contribution in [0, 0.1) is 6.92 Å². The average molecular weight is 302 g/mol. The lowest BCUT2D eigenvalue weighted by Gasteiger charge is -2.06. The van der Waals surface area contributed by atoms with Gasteiger partial charge in [0.25, 0.3) is 5.56 Å². The molecule has 21 heavy (non-hydrogen) atoms. The molecular weight excluding hydrogens is 290 g/mol. The van der Waals surface area contributed by atoms with Crippen molar-refractivity contribution in [3.63, 3.8) is 0 Å². The van der Waals surface area contributed by atoms with Gasteiger partial charge in [0, 0.05) is 16.8 Å². The predicted octanol–water partition coefficient (Wildman–Crippen LogP) is 2.04. The number of aromatic amines is 1. The molecule has 0 atom stereocenters. The maximum atomic E-state index is 12.0. The van der Waals surface area contributed by atoms with Crippen LogP contribution in [0.2, 0.25) is 5.02 Å². The molecule has 0 aliphatic rings. The predicted molar refractivity (Wildman–Crippen MR) is 79.2 cm³/mol. The van der Waals surface area contributed by atoms with Gasteiger partial charge in [-0.2, -0.15) is 0 Å². The largest absolute Gasteiger partial charge is 0.328 e. The quantitative estimate of drug-likeness (QED) is 0.803. The molecule has 106 valence electrons. The van der Waals surface area contributed by atoms with E-state index in [9.17, 15) is 4.79 Å². The summed E-state index contributed by atoms with van der Waals surface area (Å²) in [6.07, 6.45) is 1.66. The zero-order valence-corrected chi connectivity index (χ0v) is 12.0. The summed E-state index contributed by atoms with van der Waals surface area (Å²) in [5, 5.41) is 11.9. The number of hydrogen-bond donors (Lipinski definition) is 1. The molecule has 2 heterocycles. The molecule has 1 N–H and O–H groups in total. The standard InChI is InChI=1S/C14H12ClN5O/c1-9-17-18-19-20(9)8-10-5-13(14(21)16-7-10)11-3-2-4-12(15)6-11/h2-7H,8H2,1H3,(H,16,21). The Morgan fingerprint density at radius 1 is 1.33 bits per heavy atom. The van der Waals surface area contributed by atoms with Gasteiger partial charge >= 0.3 is 0 Å². The van der Waals surface area contributed by atoms with E-state index in [1.54, 1.807) is 23.0 Å². The van der Waals surface area contributed by atoms with Gasteiger partial charge in [-0.05, 0) is 46.7 Å². The van der Waals surface area contributed by atoms with Crippen molar-refractivity contribution in [1.82, 2.24) is 25.2 Å². The SMILES string of the molecule is Cc1nnnn1Cc1c[nH]c(=O)c(-c2cccc(Cl)c2)c1. The van der Waals surface area contributed by atoms with Gasteiger partial charge in [-0.25, -0.2) is 4.68 Å². The van der Waals surface area contributed by atoms with E-state index < -0.39 is 0 Å². The third-order valence-electron chi connectivity index (χ3n) is 3.14. The number of halogens is 1. The minimum Gasteiger partial charge on any atom is -0.328 e. The number of benzene rings is 1. The molecule has 0 unspecified atom stereocenters. The van der Waals surface area contributed by atoms with Crippen LogP contribution in [0.5, 0.6) is 0 Å². The summed E-state index contributed by atoms with van der Waals surface area (Å²) in [5.41, 5.74) is 2.09. The maximum absolute atomic E-state index is 12.0. The van der Waals surface area contributed by atoms with Crippen molar-refractivity contribution in [2.24, 2.45) is 0 Å². The minimum atomic E-state index is -0.158. The summed E-state index contributed by atoms with van der Waals surface area (Å²) in [6, 6.07) is 9.02. The van der Waals surface area contributed by atoms with Gasteiger partial charge < -0.3 is 4.98 Å². The molecule has 0 spiro atoms. The van der Waals surface area contributed by atoms with Crippen LogP contribution in [0.1, 0.15) is 11.4 Å². The Kier molecular flexibility index (Phi) is 3.53. The molecule has 0 amide bonds. The fourth-order valence-electron chi connectivity index (χ4n) is 2.06. The Hall–Kier alpha value is -2.47. The number of pyridine rings is 1. The number of nitrogens with zero attached hydrogens (tertiary/aromatic N) is 4. The molecule has 0 saturated carbocycles. The Morgan fingerprint density at radius 3 is 2.90 bits per heavy atom. The summed E-state index contributed by atoms with van der Waals surface area (Å²) in [7, 11) is 0. The smallest absolute Gasteiger partial charge is 0.255 e. The van der Waals surface area contributed by atoms with Crippen molar-refractivity contribution in [1.29, 1.82) is 0 Å². The van der Waals surface area contributed by atoms with E-state index in [2.05, 4.69) is 20.5 Å². The second kappa shape index (κ2) is 5.49. The second-order valence-electron chi connectivity index (χ2n) is 4.64. The lowest BCUT2D eigenvalue weighted by molar-refractivity contribution is 0.632. The molecule has 3 rings (SSSR count). The number of H-pyrrole nitrogens is 1. The van der Waals surface area contributed by atoms with E-state index in [1.165, 1.54) is 0 Å². The van der Waals surface area contributed by atoms with Crippen LogP contribution in [0.15, 0.2) is 41.3 Å². The van der Waals surface area contributed by atoms with E-state index in [0.29, 0.717) is 23.0 Å². The Balaban J connectivity index is 2.01. The van der Waals surface area contributed by atoms with Crippen molar-refractivity contribution in [2.75, 3.05) is 0 Å². The molecule has 3 aromatic rings. The van der Waals surface area contributed by atoms with Crippen LogP contribution in [0.25, 0.3) is 11.1 Å². The number of aryl methyl sites for hydroxylation is 1. The first-order chi connectivity index (χ1) is 10.1. The summed E-state index contributed by atoms with van der Waals surface area (Å²) >= 11 is 5.98. The number of hydrogen-bond acceptors (Lipinski definition) is 4. The van der Waals surface area contributed by atoms with Crippen LogP contribution in [-0.4, -0.2) is 25.2 Å². The normalized spacial score (nSPS) is 10.8. The van der Waals surface area contributed by atoms with Crippen molar-refractivity contribution >= 4 is 11.6 Å². The topological polar surface area (TPSA) is 76.5 Å². The number of rotatable bonds is 3. The minimum absolute atomic E-state index is 0.158. The third kappa shape index (κ3) is 2.85. The molecule has 0 bridgehead atoms. The first kappa shape index (κ1) is 13.5. The summed E-state index contributed by atoms with van der Waals surface area (Å²) in [5.74, 6) is 0.713. The van der Waals surface area contributed by atoms with Gasteiger partial charge in [0.1, 0.15) is 5.82 Å². The zero-order valence-electron chi connectivity index (χ0n) is 11.2. The van der Waals surface area contributed by atoms with E-state index in [0.717, 1.165) is 11.1 Å². The van der Waals surface area contributed by atoms with Crippen molar-refractivity contribution in [3.8, 4) is 11.1 Å². The first-order valence-electron chi connectivity index (χ1n) is 6.34. The summed E-state index contributed by atoms with van der Waals surface area (Å²) in [4.78, 5) is 14.7. The van der Waals surface area contributed by atoms with Gasteiger partial charge in [0.2, 0.25) is 0 Å². The van der Waals surface area contributed by atoms with E-state index >= 15 is 0 Å². The van der Waals surface area contributed by atoms with Gasteiger partial charge in [0.15, 0.2) is 0 Å². The van der Waals surface area contributed by atoms with E-state index in [4.69, 9.17) is 11.6 Å². The fourth-order valence-corrected chi connectivity index (χ4v) is 2.25. The summed E-state index contributed by atoms with van der Waals surface area (Å²) < 4.78 is 1.66. The number of tetrazole rings is 1. The number of nitrogens with one attached hydrogen (secondary N) is 1. The Morgan fingerprint density at radius 2 is 2.19 bits per heavy atom. The van der Waals surface area contributed by atoms with Crippen molar-refractivity contribution in [3.05, 3.63) is 63.3 Å². The van der Waals surface area contributed by atoms with Gasteiger partial charge in [-0.15, -0.1) is 5.10 Å². The highest BCUT2D eigenvalue weighted by atomic mass is 35.5. The maximum Gasteiger partial charge on any atom is 0.255 e. The highest BCUT2D eigenvalue weighted by molar-refractivity contribution is 6.30. The third-order valence-corrected chi connectivity index (χ3v) is 3.38.